The van der Waals surface area contributed by atoms with Gasteiger partial charge in [0.05, 0.1) is 18.0 Å². The van der Waals surface area contributed by atoms with E-state index >= 15 is 0 Å². The summed E-state index contributed by atoms with van der Waals surface area (Å²) in [4.78, 5) is 4.39. The number of hydrogen-bond donors (Lipinski definition) is 0. The summed E-state index contributed by atoms with van der Waals surface area (Å²) in [5, 5.41) is 10.4. The topological polar surface area (TPSA) is 36.7 Å². The smallest absolute Gasteiger partial charge is 0.0709 e. The van der Waals surface area contributed by atoms with Gasteiger partial charge in [0.1, 0.15) is 0 Å². The van der Waals surface area contributed by atoms with Crippen molar-refractivity contribution in [1.82, 2.24) is 4.98 Å². The van der Waals surface area contributed by atoms with Crippen LogP contribution in [-0.2, 0) is 6.42 Å². The maximum absolute atomic E-state index is 8.74. The monoisotopic (exact) mass is 216 g/mol. The standard InChI is InChI=1S/C12H9ClN2/c1-8-6-9(4-5-14)11-7-10(13)2-3-12(11)15-8/h2-3,6-7H,4H2,1H3. The minimum Gasteiger partial charge on any atom is -0.253 e. The lowest BCUT2D eigenvalue weighted by atomic mass is 10.1. The van der Waals surface area contributed by atoms with E-state index < -0.39 is 0 Å². The molecule has 0 bridgehead atoms. The highest BCUT2D eigenvalue weighted by atomic mass is 35.5. The number of aryl methyl sites for hydroxylation is 1. The molecule has 15 heavy (non-hydrogen) atoms. The number of hydrogen-bond acceptors (Lipinski definition) is 2. The van der Waals surface area contributed by atoms with Crippen LogP contribution in [0.25, 0.3) is 10.9 Å². The first-order chi connectivity index (χ1) is 7.20. The molecule has 0 spiro atoms. The molecule has 0 saturated heterocycles. The second kappa shape index (κ2) is 3.88. The van der Waals surface area contributed by atoms with Gasteiger partial charge in [-0.2, -0.15) is 5.26 Å². The lowest BCUT2D eigenvalue weighted by Crippen LogP contribution is -1.91. The van der Waals surface area contributed by atoms with E-state index in [0.717, 1.165) is 22.2 Å². The normalized spacial score (nSPS) is 10.2. The van der Waals surface area contributed by atoms with E-state index in [1.807, 2.05) is 31.2 Å². The highest BCUT2D eigenvalue weighted by Crippen LogP contribution is 2.22. The fourth-order valence-electron chi connectivity index (χ4n) is 1.65. The number of halogens is 1. The van der Waals surface area contributed by atoms with Gasteiger partial charge in [0.2, 0.25) is 0 Å². The van der Waals surface area contributed by atoms with Crippen LogP contribution in [-0.4, -0.2) is 4.98 Å². The molecule has 0 atom stereocenters. The zero-order chi connectivity index (χ0) is 10.8. The molecule has 74 valence electrons. The molecule has 0 aliphatic heterocycles. The molecule has 2 rings (SSSR count). The molecule has 0 aliphatic rings. The van der Waals surface area contributed by atoms with E-state index in [-0.39, 0.29) is 0 Å². The Kier molecular flexibility index (Phi) is 2.57. The van der Waals surface area contributed by atoms with Crippen LogP contribution in [0.5, 0.6) is 0 Å². The number of nitrogens with zero attached hydrogens (tertiary/aromatic N) is 2. The molecule has 0 saturated carbocycles. The maximum atomic E-state index is 8.74. The number of nitriles is 1. The Bertz CT molecular complexity index is 555. The summed E-state index contributed by atoms with van der Waals surface area (Å²) in [5.74, 6) is 0. The van der Waals surface area contributed by atoms with Gasteiger partial charge in [-0.25, -0.2) is 0 Å². The average molecular weight is 217 g/mol. The Morgan fingerprint density at radius 1 is 1.40 bits per heavy atom. The molecule has 3 heteroatoms. The van der Waals surface area contributed by atoms with Crippen LogP contribution >= 0.6 is 11.6 Å². The minimum absolute atomic E-state index is 0.389. The van der Waals surface area contributed by atoms with Crippen molar-refractivity contribution in [3.63, 3.8) is 0 Å². The van der Waals surface area contributed by atoms with Crippen molar-refractivity contribution in [1.29, 1.82) is 5.26 Å². The van der Waals surface area contributed by atoms with Crippen molar-refractivity contribution in [3.05, 3.63) is 40.5 Å². The van der Waals surface area contributed by atoms with E-state index in [1.165, 1.54) is 0 Å². The summed E-state index contributed by atoms with van der Waals surface area (Å²) in [5.41, 5.74) is 2.81. The van der Waals surface area contributed by atoms with Gasteiger partial charge in [0, 0.05) is 16.1 Å². The Balaban J connectivity index is 2.77. The van der Waals surface area contributed by atoms with Crippen LogP contribution in [0.1, 0.15) is 11.3 Å². The highest BCUT2D eigenvalue weighted by molar-refractivity contribution is 6.31. The molecule has 0 unspecified atom stereocenters. The zero-order valence-electron chi connectivity index (χ0n) is 8.29. The molecule has 0 radical (unpaired) electrons. The third kappa shape index (κ3) is 1.93. The molecule has 0 amide bonds. The maximum Gasteiger partial charge on any atom is 0.0709 e. The van der Waals surface area contributed by atoms with Crippen molar-refractivity contribution in [2.45, 2.75) is 13.3 Å². The lowest BCUT2D eigenvalue weighted by molar-refractivity contribution is 1.20. The predicted octanol–water partition coefficient (Wildman–Crippen LogP) is 3.26. The predicted molar refractivity (Wildman–Crippen MR) is 60.8 cm³/mol. The van der Waals surface area contributed by atoms with Crippen LogP contribution in [0.2, 0.25) is 5.02 Å². The molecule has 0 fully saturated rings. The number of benzene rings is 1. The van der Waals surface area contributed by atoms with Gasteiger partial charge in [0.25, 0.3) is 0 Å². The molecule has 1 aromatic heterocycles. The quantitative estimate of drug-likeness (QED) is 0.734. The van der Waals surface area contributed by atoms with Crippen LogP contribution in [0, 0.1) is 18.3 Å². The van der Waals surface area contributed by atoms with Gasteiger partial charge in [-0.15, -0.1) is 0 Å². The largest absolute Gasteiger partial charge is 0.253 e. The molecular weight excluding hydrogens is 208 g/mol. The van der Waals surface area contributed by atoms with Gasteiger partial charge in [-0.05, 0) is 36.8 Å². The Morgan fingerprint density at radius 3 is 2.93 bits per heavy atom. The molecule has 1 aromatic carbocycles. The Labute approximate surface area is 93.1 Å². The number of fused-ring (bicyclic) bond motifs is 1. The summed E-state index contributed by atoms with van der Waals surface area (Å²) in [6.45, 7) is 1.93. The lowest BCUT2D eigenvalue weighted by Gasteiger charge is -2.04. The zero-order valence-corrected chi connectivity index (χ0v) is 9.04. The van der Waals surface area contributed by atoms with Crippen molar-refractivity contribution < 1.29 is 0 Å². The van der Waals surface area contributed by atoms with Gasteiger partial charge in [0.15, 0.2) is 0 Å². The second-order valence-electron chi connectivity index (χ2n) is 3.42. The fourth-order valence-corrected chi connectivity index (χ4v) is 1.82. The number of rotatable bonds is 1. The molecule has 0 aliphatic carbocycles. The first-order valence-electron chi connectivity index (χ1n) is 4.63. The van der Waals surface area contributed by atoms with Crippen LogP contribution in [0.3, 0.4) is 0 Å². The van der Waals surface area contributed by atoms with Crippen LogP contribution < -0.4 is 0 Å². The third-order valence-corrected chi connectivity index (χ3v) is 2.49. The minimum atomic E-state index is 0.389. The van der Waals surface area contributed by atoms with E-state index in [9.17, 15) is 0 Å². The van der Waals surface area contributed by atoms with E-state index in [0.29, 0.717) is 11.4 Å². The molecule has 0 N–H and O–H groups in total. The molecular formula is C12H9ClN2. The summed E-state index contributed by atoms with van der Waals surface area (Å²) >= 11 is 5.92. The Morgan fingerprint density at radius 2 is 2.20 bits per heavy atom. The van der Waals surface area contributed by atoms with E-state index in [1.54, 1.807) is 0 Å². The van der Waals surface area contributed by atoms with Crippen molar-refractivity contribution in [3.8, 4) is 6.07 Å². The summed E-state index contributed by atoms with van der Waals surface area (Å²) in [6.07, 6.45) is 0.389. The second-order valence-corrected chi connectivity index (χ2v) is 3.86. The van der Waals surface area contributed by atoms with E-state index in [2.05, 4.69) is 11.1 Å². The summed E-state index contributed by atoms with van der Waals surface area (Å²) in [6, 6.07) is 9.63. The van der Waals surface area contributed by atoms with Crippen molar-refractivity contribution >= 4 is 22.5 Å². The van der Waals surface area contributed by atoms with Crippen molar-refractivity contribution in [2.24, 2.45) is 0 Å². The van der Waals surface area contributed by atoms with E-state index in [4.69, 9.17) is 16.9 Å². The molecule has 2 aromatic rings. The molecule has 2 nitrogen and oxygen atoms in total. The first-order valence-corrected chi connectivity index (χ1v) is 5.01. The van der Waals surface area contributed by atoms with Gasteiger partial charge in [-0.3, -0.25) is 4.98 Å². The van der Waals surface area contributed by atoms with Crippen LogP contribution in [0.15, 0.2) is 24.3 Å². The summed E-state index contributed by atoms with van der Waals surface area (Å²) < 4.78 is 0. The molecule has 1 heterocycles. The Hall–Kier alpha value is -1.59. The third-order valence-electron chi connectivity index (χ3n) is 2.25. The SMILES string of the molecule is Cc1cc(CC#N)c2cc(Cl)ccc2n1. The average Bonchev–Trinajstić information content (AvgIpc) is 2.19. The first kappa shape index (κ1) is 9.95. The number of aromatic nitrogens is 1. The van der Waals surface area contributed by atoms with Gasteiger partial charge < -0.3 is 0 Å². The summed E-state index contributed by atoms with van der Waals surface area (Å²) in [7, 11) is 0. The van der Waals surface area contributed by atoms with Crippen LogP contribution in [0.4, 0.5) is 0 Å². The van der Waals surface area contributed by atoms with Crippen molar-refractivity contribution in [2.75, 3.05) is 0 Å². The van der Waals surface area contributed by atoms with Gasteiger partial charge >= 0.3 is 0 Å². The van der Waals surface area contributed by atoms with Gasteiger partial charge in [-0.1, -0.05) is 11.6 Å². The highest BCUT2D eigenvalue weighted by Gasteiger charge is 2.04. The fraction of sp³-hybridized carbons (Fsp3) is 0.167. The number of pyridine rings is 1.